The zero-order valence-corrected chi connectivity index (χ0v) is 15.4. The lowest BCUT2D eigenvalue weighted by Gasteiger charge is -2.21. The van der Waals surface area contributed by atoms with Gasteiger partial charge >= 0.3 is 5.97 Å². The quantitative estimate of drug-likeness (QED) is 0.515. The van der Waals surface area contributed by atoms with Crippen molar-refractivity contribution in [2.75, 3.05) is 5.32 Å². The highest BCUT2D eigenvalue weighted by Crippen LogP contribution is 2.26. The first-order valence-electron chi connectivity index (χ1n) is 8.91. The Kier molecular flexibility index (Phi) is 5.75. The zero-order chi connectivity index (χ0) is 20.1. The summed E-state index contributed by atoms with van der Waals surface area (Å²) in [4.78, 5) is 23.8. The highest BCUT2D eigenvalue weighted by molar-refractivity contribution is 5.96. The third-order valence-electron chi connectivity index (χ3n) is 4.50. The molecule has 1 atom stereocenters. The molecule has 5 nitrogen and oxygen atoms in total. The number of aryl methyl sites for hydroxylation is 1. The number of benzene rings is 3. The van der Waals surface area contributed by atoms with E-state index < -0.39 is 5.97 Å². The van der Waals surface area contributed by atoms with E-state index in [1.807, 2.05) is 31.2 Å². The normalized spacial score (nSPS) is 11.6. The van der Waals surface area contributed by atoms with Crippen LogP contribution in [-0.4, -0.2) is 22.0 Å². The second-order valence-electron chi connectivity index (χ2n) is 6.67. The number of ketones is 1. The summed E-state index contributed by atoms with van der Waals surface area (Å²) in [6, 6.07) is 20.3. The fourth-order valence-electron chi connectivity index (χ4n) is 3.00. The minimum atomic E-state index is -0.982. The molecule has 0 radical (unpaired) electrons. The largest absolute Gasteiger partial charge is 0.508 e. The van der Waals surface area contributed by atoms with E-state index in [0.717, 1.165) is 16.8 Å². The van der Waals surface area contributed by atoms with Crippen LogP contribution in [0.2, 0.25) is 0 Å². The molecule has 0 heterocycles. The number of carbonyl (C=O) groups excluding carboxylic acids is 1. The van der Waals surface area contributed by atoms with Gasteiger partial charge in [0.15, 0.2) is 5.78 Å². The molecule has 1 unspecified atom stereocenters. The highest BCUT2D eigenvalue weighted by atomic mass is 16.4. The van der Waals surface area contributed by atoms with Crippen LogP contribution in [0.5, 0.6) is 5.75 Å². The van der Waals surface area contributed by atoms with Crippen LogP contribution in [0.3, 0.4) is 0 Å². The van der Waals surface area contributed by atoms with E-state index in [-0.39, 0.29) is 29.6 Å². The maximum absolute atomic E-state index is 12.8. The minimum Gasteiger partial charge on any atom is -0.508 e. The van der Waals surface area contributed by atoms with Crippen molar-refractivity contribution in [2.24, 2.45) is 0 Å². The number of hydrogen-bond donors (Lipinski definition) is 3. The van der Waals surface area contributed by atoms with Crippen LogP contribution in [0.4, 0.5) is 5.69 Å². The second kappa shape index (κ2) is 8.39. The van der Waals surface area contributed by atoms with E-state index in [0.29, 0.717) is 5.56 Å². The van der Waals surface area contributed by atoms with Gasteiger partial charge in [0.2, 0.25) is 0 Å². The average Bonchev–Trinajstić information content (AvgIpc) is 2.68. The van der Waals surface area contributed by atoms with Crippen molar-refractivity contribution in [2.45, 2.75) is 19.4 Å². The molecule has 0 aliphatic rings. The summed E-state index contributed by atoms with van der Waals surface area (Å²) in [5.41, 5.74) is 3.52. The summed E-state index contributed by atoms with van der Waals surface area (Å²) >= 11 is 0. The smallest absolute Gasteiger partial charge is 0.335 e. The van der Waals surface area contributed by atoms with Crippen molar-refractivity contribution in [3.05, 3.63) is 95.1 Å². The van der Waals surface area contributed by atoms with Gasteiger partial charge in [-0.15, -0.1) is 0 Å². The van der Waals surface area contributed by atoms with Crippen molar-refractivity contribution in [3.63, 3.8) is 0 Å². The summed E-state index contributed by atoms with van der Waals surface area (Å²) < 4.78 is 0. The summed E-state index contributed by atoms with van der Waals surface area (Å²) in [6.45, 7) is 1.99. The number of phenolic OH excluding ortho intramolecular Hbond substituents is 1. The number of rotatable bonds is 7. The number of carboxylic acids is 1. The Morgan fingerprint density at radius 2 is 1.57 bits per heavy atom. The van der Waals surface area contributed by atoms with Gasteiger partial charge in [0.1, 0.15) is 5.75 Å². The van der Waals surface area contributed by atoms with E-state index in [2.05, 4.69) is 5.32 Å². The van der Waals surface area contributed by atoms with Crippen LogP contribution in [0, 0.1) is 6.92 Å². The fraction of sp³-hybridized carbons (Fsp3) is 0.130. The lowest BCUT2D eigenvalue weighted by atomic mass is 9.96. The molecule has 5 heteroatoms. The molecule has 3 aromatic rings. The summed E-state index contributed by atoms with van der Waals surface area (Å²) in [6.07, 6.45) is 0.217. The van der Waals surface area contributed by atoms with Crippen LogP contribution in [-0.2, 0) is 0 Å². The molecular weight excluding hydrogens is 354 g/mol. The molecule has 3 aromatic carbocycles. The van der Waals surface area contributed by atoms with Crippen molar-refractivity contribution in [3.8, 4) is 5.75 Å². The molecule has 0 aliphatic heterocycles. The number of phenols is 1. The monoisotopic (exact) mass is 375 g/mol. The molecule has 0 spiro atoms. The number of carbonyl (C=O) groups is 2. The standard InChI is InChI=1S/C23H21NO4/c1-15-3-2-4-18(13-15)21(14-22(26)16-7-11-20(25)12-8-16)24-19-9-5-17(6-10-19)23(27)28/h2-13,21,24-25H,14H2,1H3,(H,27,28). The van der Waals surface area contributed by atoms with Crippen LogP contribution in [0.1, 0.15) is 44.3 Å². The van der Waals surface area contributed by atoms with Crippen LogP contribution >= 0.6 is 0 Å². The van der Waals surface area contributed by atoms with Crippen LogP contribution < -0.4 is 5.32 Å². The van der Waals surface area contributed by atoms with Gasteiger partial charge in [0, 0.05) is 17.7 Å². The van der Waals surface area contributed by atoms with Gasteiger partial charge in [-0.1, -0.05) is 29.8 Å². The topological polar surface area (TPSA) is 86.6 Å². The Balaban J connectivity index is 1.85. The Morgan fingerprint density at radius 3 is 2.18 bits per heavy atom. The van der Waals surface area contributed by atoms with Gasteiger partial charge in [-0.2, -0.15) is 0 Å². The lowest BCUT2D eigenvalue weighted by Crippen LogP contribution is -2.16. The molecule has 3 rings (SSSR count). The SMILES string of the molecule is Cc1cccc(C(CC(=O)c2ccc(O)cc2)Nc2ccc(C(=O)O)cc2)c1. The molecule has 0 fully saturated rings. The van der Waals surface area contributed by atoms with Gasteiger partial charge < -0.3 is 15.5 Å². The third kappa shape index (κ3) is 4.76. The number of aromatic carboxylic acids is 1. The average molecular weight is 375 g/mol. The maximum atomic E-state index is 12.8. The lowest BCUT2D eigenvalue weighted by molar-refractivity contribution is 0.0696. The zero-order valence-electron chi connectivity index (χ0n) is 15.4. The third-order valence-corrected chi connectivity index (χ3v) is 4.50. The van der Waals surface area contributed by atoms with Crippen molar-refractivity contribution >= 4 is 17.4 Å². The van der Waals surface area contributed by atoms with Gasteiger partial charge in [0.05, 0.1) is 11.6 Å². The van der Waals surface area contributed by atoms with Gasteiger partial charge in [0.25, 0.3) is 0 Å². The molecule has 0 bridgehead atoms. The van der Waals surface area contributed by atoms with Gasteiger partial charge in [-0.25, -0.2) is 4.79 Å². The maximum Gasteiger partial charge on any atom is 0.335 e. The second-order valence-corrected chi connectivity index (χ2v) is 6.67. The molecular formula is C23H21NO4. The first-order chi connectivity index (χ1) is 13.4. The highest BCUT2D eigenvalue weighted by Gasteiger charge is 2.18. The number of carboxylic acid groups (broad SMARTS) is 1. The van der Waals surface area contributed by atoms with Gasteiger partial charge in [-0.05, 0) is 61.0 Å². The van der Waals surface area contributed by atoms with E-state index in [1.165, 1.54) is 24.3 Å². The van der Waals surface area contributed by atoms with E-state index >= 15 is 0 Å². The molecule has 0 aromatic heterocycles. The number of hydrogen-bond acceptors (Lipinski definition) is 4. The van der Waals surface area contributed by atoms with Crippen molar-refractivity contribution in [1.82, 2.24) is 0 Å². The summed E-state index contributed by atoms with van der Waals surface area (Å²) in [7, 11) is 0. The van der Waals surface area contributed by atoms with E-state index in [9.17, 15) is 14.7 Å². The molecule has 0 saturated heterocycles. The molecule has 142 valence electrons. The minimum absolute atomic E-state index is 0.0545. The predicted molar refractivity (Wildman–Crippen MR) is 108 cm³/mol. The first kappa shape index (κ1) is 19.2. The molecule has 3 N–H and O–H groups in total. The first-order valence-corrected chi connectivity index (χ1v) is 8.91. The number of nitrogens with one attached hydrogen (secondary N) is 1. The Bertz CT molecular complexity index is 978. The number of Topliss-reactive ketones (excluding diaryl/α,β-unsaturated/α-hetero) is 1. The Morgan fingerprint density at radius 1 is 0.929 bits per heavy atom. The van der Waals surface area contributed by atoms with Crippen molar-refractivity contribution in [1.29, 1.82) is 0 Å². The van der Waals surface area contributed by atoms with Crippen LogP contribution in [0.25, 0.3) is 0 Å². The molecule has 28 heavy (non-hydrogen) atoms. The van der Waals surface area contributed by atoms with Gasteiger partial charge in [-0.3, -0.25) is 4.79 Å². The molecule has 0 aliphatic carbocycles. The number of aromatic hydroxyl groups is 1. The fourth-order valence-corrected chi connectivity index (χ4v) is 3.00. The Hall–Kier alpha value is -3.60. The van der Waals surface area contributed by atoms with Crippen LogP contribution in [0.15, 0.2) is 72.8 Å². The van der Waals surface area contributed by atoms with E-state index in [4.69, 9.17) is 5.11 Å². The number of anilines is 1. The molecule has 0 saturated carbocycles. The predicted octanol–water partition coefficient (Wildman–Crippen LogP) is 4.83. The van der Waals surface area contributed by atoms with Crippen molar-refractivity contribution < 1.29 is 19.8 Å². The summed E-state index contributed by atoms with van der Waals surface area (Å²) in [5, 5.41) is 21.8. The van der Waals surface area contributed by atoms with E-state index in [1.54, 1.807) is 24.3 Å². The Labute approximate surface area is 163 Å². The summed E-state index contributed by atoms with van der Waals surface area (Å²) in [5.74, 6) is -0.922. The molecule has 0 amide bonds.